The zero-order chi connectivity index (χ0) is 12.9. The molecule has 0 saturated carbocycles. The van der Waals surface area contributed by atoms with Crippen LogP contribution in [0.4, 0.5) is 0 Å². The number of hydrogen-bond acceptors (Lipinski definition) is 2. The van der Waals surface area contributed by atoms with Crippen LogP contribution in [-0.2, 0) is 4.74 Å². The van der Waals surface area contributed by atoms with Crippen LogP contribution in [0.1, 0.15) is 0 Å². The van der Waals surface area contributed by atoms with E-state index in [-0.39, 0.29) is 17.9 Å². The smallest absolute Gasteiger partial charge is 0.154 e. The highest BCUT2D eigenvalue weighted by molar-refractivity contribution is 7.04. The molecular weight excluding hydrogens is 252 g/mol. The number of epoxide rings is 1. The minimum absolute atomic E-state index is 0.0760. The molecule has 0 radical (unpaired) electrons. The normalized spacial score (nSPS) is 30.9. The summed E-state index contributed by atoms with van der Waals surface area (Å²) >= 11 is 0. The van der Waals surface area contributed by atoms with Gasteiger partial charge in [-0.3, -0.25) is 0 Å². The Balaban J connectivity index is 1.90. The Morgan fingerprint density at radius 2 is 1.42 bits per heavy atom. The predicted octanol–water partition coefficient (Wildman–Crippen LogP) is 0.931. The van der Waals surface area contributed by atoms with Gasteiger partial charge >= 0.3 is 0 Å². The lowest BCUT2D eigenvalue weighted by Gasteiger charge is -2.29. The second-order valence-electron chi connectivity index (χ2n) is 5.50. The van der Waals surface area contributed by atoms with Crippen molar-refractivity contribution in [1.82, 2.24) is 0 Å². The van der Waals surface area contributed by atoms with Crippen LogP contribution in [0.15, 0.2) is 60.7 Å². The van der Waals surface area contributed by atoms with E-state index in [0.29, 0.717) is 0 Å². The molecule has 2 aromatic rings. The lowest BCUT2D eigenvalue weighted by atomic mass is 10.3. The molecule has 96 valence electrons. The third kappa shape index (κ3) is 1.56. The average Bonchev–Trinajstić information content (AvgIpc) is 3.22. The van der Waals surface area contributed by atoms with Gasteiger partial charge in [-0.15, -0.1) is 0 Å². The molecule has 3 atom stereocenters. The van der Waals surface area contributed by atoms with Gasteiger partial charge in [0.2, 0.25) is 0 Å². The fourth-order valence-corrected chi connectivity index (χ4v) is 8.91. The summed E-state index contributed by atoms with van der Waals surface area (Å²) in [6, 6.07) is 22.2. The van der Waals surface area contributed by atoms with Gasteiger partial charge in [0, 0.05) is 0 Å². The first-order valence-corrected chi connectivity index (χ1v) is 9.05. The van der Waals surface area contributed by atoms with Crippen molar-refractivity contribution in [2.45, 2.75) is 24.0 Å². The summed E-state index contributed by atoms with van der Waals surface area (Å²) in [6.45, 7) is 0. The van der Waals surface area contributed by atoms with E-state index in [9.17, 15) is 5.11 Å². The van der Waals surface area contributed by atoms with Gasteiger partial charge in [0.05, 0.1) is 11.8 Å². The molecule has 0 aromatic heterocycles. The first kappa shape index (κ1) is 11.4. The summed E-state index contributed by atoms with van der Waals surface area (Å²) in [5.41, 5.74) is 0.257. The molecule has 0 bridgehead atoms. The van der Waals surface area contributed by atoms with Gasteiger partial charge in [0.15, 0.2) is 8.07 Å². The van der Waals surface area contributed by atoms with Gasteiger partial charge in [0.1, 0.15) is 6.10 Å². The SMILES string of the molecule is O[C@@H]1C[Si](c2ccccc2)(c2ccccc2)[C@@H]2O[C@H]12. The van der Waals surface area contributed by atoms with E-state index in [1.165, 1.54) is 10.4 Å². The van der Waals surface area contributed by atoms with Crippen molar-refractivity contribution in [3.63, 3.8) is 0 Å². The van der Waals surface area contributed by atoms with Crippen molar-refractivity contribution in [2.24, 2.45) is 0 Å². The Bertz CT molecular complexity index is 545. The molecule has 2 nitrogen and oxygen atoms in total. The van der Waals surface area contributed by atoms with Crippen LogP contribution in [0.3, 0.4) is 0 Å². The van der Waals surface area contributed by atoms with E-state index < -0.39 is 8.07 Å². The molecule has 2 fully saturated rings. The molecule has 19 heavy (non-hydrogen) atoms. The van der Waals surface area contributed by atoms with Gasteiger partial charge in [-0.1, -0.05) is 71.0 Å². The van der Waals surface area contributed by atoms with Gasteiger partial charge in [0.25, 0.3) is 0 Å². The Kier molecular flexibility index (Phi) is 2.42. The average molecular weight is 268 g/mol. The Hall–Kier alpha value is -1.42. The summed E-state index contributed by atoms with van der Waals surface area (Å²) in [5, 5.41) is 13.0. The molecular formula is C16H16O2Si. The van der Waals surface area contributed by atoms with Crippen LogP contribution in [-0.4, -0.2) is 31.1 Å². The first-order valence-electron chi connectivity index (χ1n) is 6.77. The maximum absolute atomic E-state index is 10.2. The molecule has 0 aliphatic carbocycles. The minimum atomic E-state index is -1.95. The number of ether oxygens (including phenoxy) is 1. The topological polar surface area (TPSA) is 32.8 Å². The van der Waals surface area contributed by atoms with E-state index in [1.54, 1.807) is 0 Å². The number of fused-ring (bicyclic) bond motifs is 1. The molecule has 1 N–H and O–H groups in total. The third-order valence-electron chi connectivity index (χ3n) is 4.50. The second-order valence-corrected chi connectivity index (χ2v) is 9.57. The molecule has 3 heteroatoms. The fraction of sp³-hybridized carbons (Fsp3) is 0.250. The Labute approximate surface area is 113 Å². The van der Waals surface area contributed by atoms with Crippen molar-refractivity contribution in [3.05, 3.63) is 60.7 Å². The standard InChI is InChI=1S/C16H16O2Si/c17-14-11-19(16-15(14)18-16,12-7-3-1-4-8-12)13-9-5-2-6-10-13/h1-10,14-17H,11H2/t14-,15-,16+/m1/s1. The molecule has 2 heterocycles. The second kappa shape index (κ2) is 4.03. The minimum Gasteiger partial charge on any atom is -0.391 e. The molecule has 2 aliphatic heterocycles. The van der Waals surface area contributed by atoms with E-state index in [4.69, 9.17) is 4.74 Å². The van der Waals surface area contributed by atoms with Crippen LogP contribution >= 0.6 is 0 Å². The van der Waals surface area contributed by atoms with Crippen molar-refractivity contribution >= 4 is 18.4 Å². The van der Waals surface area contributed by atoms with Crippen molar-refractivity contribution in [1.29, 1.82) is 0 Å². The highest BCUT2D eigenvalue weighted by Gasteiger charge is 2.67. The van der Waals surface area contributed by atoms with Crippen molar-refractivity contribution < 1.29 is 9.84 Å². The van der Waals surface area contributed by atoms with E-state index >= 15 is 0 Å². The number of benzene rings is 2. The van der Waals surface area contributed by atoms with Gasteiger partial charge < -0.3 is 9.84 Å². The Morgan fingerprint density at radius 3 is 1.79 bits per heavy atom. The molecule has 0 spiro atoms. The highest BCUT2D eigenvalue weighted by atomic mass is 28.3. The lowest BCUT2D eigenvalue weighted by molar-refractivity contribution is 0.150. The highest BCUT2D eigenvalue weighted by Crippen LogP contribution is 2.44. The predicted molar refractivity (Wildman–Crippen MR) is 77.4 cm³/mol. The molecule has 2 aliphatic rings. The maximum Gasteiger partial charge on any atom is 0.154 e. The largest absolute Gasteiger partial charge is 0.391 e. The quantitative estimate of drug-likeness (QED) is 0.649. The lowest BCUT2D eigenvalue weighted by Crippen LogP contribution is -2.61. The maximum atomic E-state index is 10.2. The summed E-state index contributed by atoms with van der Waals surface area (Å²) in [7, 11) is -1.95. The molecule has 0 unspecified atom stereocenters. The third-order valence-corrected chi connectivity index (χ3v) is 9.72. The first-order chi connectivity index (χ1) is 9.32. The molecule has 2 aromatic carbocycles. The summed E-state index contributed by atoms with van der Waals surface area (Å²) in [6.07, 6.45) is -0.218. The molecule has 0 amide bonds. The van der Waals surface area contributed by atoms with Crippen LogP contribution in [0, 0.1) is 0 Å². The number of hydrogen-bond donors (Lipinski definition) is 1. The number of aliphatic hydroxyl groups excluding tert-OH is 1. The van der Waals surface area contributed by atoms with Gasteiger partial charge in [-0.25, -0.2) is 0 Å². The number of aliphatic hydroxyl groups is 1. The van der Waals surface area contributed by atoms with Gasteiger partial charge in [-0.2, -0.15) is 0 Å². The molecule has 4 rings (SSSR count). The Morgan fingerprint density at radius 1 is 0.895 bits per heavy atom. The van der Waals surface area contributed by atoms with Crippen molar-refractivity contribution in [2.75, 3.05) is 0 Å². The van der Waals surface area contributed by atoms with E-state index in [0.717, 1.165) is 6.04 Å². The zero-order valence-electron chi connectivity index (χ0n) is 10.6. The van der Waals surface area contributed by atoms with E-state index in [2.05, 4.69) is 48.5 Å². The number of rotatable bonds is 2. The summed E-state index contributed by atoms with van der Waals surface area (Å²) < 4.78 is 5.80. The van der Waals surface area contributed by atoms with Crippen LogP contribution in [0.2, 0.25) is 6.04 Å². The van der Waals surface area contributed by atoms with Crippen LogP contribution < -0.4 is 10.4 Å². The summed E-state index contributed by atoms with van der Waals surface area (Å²) in [5.74, 6) is 0. The monoisotopic (exact) mass is 268 g/mol. The van der Waals surface area contributed by atoms with Crippen LogP contribution in [0.25, 0.3) is 0 Å². The van der Waals surface area contributed by atoms with Crippen molar-refractivity contribution in [3.8, 4) is 0 Å². The fourth-order valence-electron chi connectivity index (χ4n) is 3.58. The van der Waals surface area contributed by atoms with Gasteiger partial charge in [-0.05, 0) is 6.04 Å². The summed E-state index contributed by atoms with van der Waals surface area (Å²) in [4.78, 5) is 0. The molecule has 2 saturated heterocycles. The zero-order valence-corrected chi connectivity index (χ0v) is 11.6. The van der Waals surface area contributed by atoms with Crippen LogP contribution in [0.5, 0.6) is 0 Å². The van der Waals surface area contributed by atoms with E-state index in [1.807, 2.05) is 12.1 Å².